The van der Waals surface area contributed by atoms with Gasteiger partial charge in [-0.05, 0) is 73.0 Å². The largest absolute Gasteiger partial charge is 0.465 e. The van der Waals surface area contributed by atoms with Crippen molar-refractivity contribution in [1.82, 2.24) is 9.78 Å². The Morgan fingerprint density at radius 2 is 1.60 bits per heavy atom. The summed E-state index contributed by atoms with van der Waals surface area (Å²) in [6, 6.07) is 33.8. The number of benzene rings is 4. The molecule has 0 bridgehead atoms. The number of fused-ring (bicyclic) bond motifs is 4. The maximum Gasteiger partial charge on any atom is 0.337 e. The number of amidine groups is 2. The highest BCUT2D eigenvalue weighted by atomic mass is 16.5. The van der Waals surface area contributed by atoms with Crippen LogP contribution in [-0.2, 0) is 11.2 Å². The third kappa shape index (κ3) is 4.57. The molecule has 2 aliphatic rings. The Morgan fingerprint density at radius 1 is 0.884 bits per heavy atom. The number of hydrogen-bond donors (Lipinski definition) is 1. The third-order valence-electron chi connectivity index (χ3n) is 7.91. The molecule has 8 heteroatoms. The number of methoxy groups -OCH3 is 1. The van der Waals surface area contributed by atoms with E-state index in [0.29, 0.717) is 17.2 Å². The van der Waals surface area contributed by atoms with E-state index in [9.17, 15) is 4.79 Å². The first kappa shape index (κ1) is 26.4. The molecule has 7 rings (SSSR count). The van der Waals surface area contributed by atoms with Gasteiger partial charge in [-0.2, -0.15) is 5.10 Å². The highest BCUT2D eigenvalue weighted by Crippen LogP contribution is 2.48. The fourth-order valence-electron chi connectivity index (χ4n) is 5.74. The van der Waals surface area contributed by atoms with Crippen molar-refractivity contribution in [2.24, 2.45) is 9.98 Å². The first-order valence-electron chi connectivity index (χ1n) is 14.3. The van der Waals surface area contributed by atoms with Gasteiger partial charge in [0.15, 0.2) is 17.5 Å². The topological polar surface area (TPSA) is 84.1 Å². The molecule has 0 fully saturated rings. The predicted molar refractivity (Wildman–Crippen MR) is 170 cm³/mol. The average molecular weight is 567 g/mol. The minimum atomic E-state index is -0.373. The Kier molecular flexibility index (Phi) is 6.58. The number of nitrogens with zero attached hydrogens (tertiary/aromatic N) is 5. The second-order valence-corrected chi connectivity index (χ2v) is 10.5. The average Bonchev–Trinajstić information content (AvgIpc) is 3.40. The minimum absolute atomic E-state index is 0.289. The molecule has 0 spiro atoms. The molecular formula is C35H30N6O2. The zero-order chi connectivity index (χ0) is 29.5. The van der Waals surface area contributed by atoms with Gasteiger partial charge in [0.05, 0.1) is 41.5 Å². The van der Waals surface area contributed by atoms with Crippen molar-refractivity contribution in [1.29, 1.82) is 0 Å². The molecule has 1 atom stereocenters. The van der Waals surface area contributed by atoms with Gasteiger partial charge in [-0.15, -0.1) is 0 Å². The maximum atomic E-state index is 12.3. The Hall–Kier alpha value is -5.50. The van der Waals surface area contributed by atoms with E-state index in [-0.39, 0.29) is 12.0 Å². The fourth-order valence-corrected chi connectivity index (χ4v) is 5.74. The summed E-state index contributed by atoms with van der Waals surface area (Å²) in [5.41, 5.74) is 8.22. The van der Waals surface area contributed by atoms with E-state index in [1.807, 2.05) is 84.4 Å². The number of aryl methyl sites for hydroxylation is 2. The monoisotopic (exact) mass is 566 g/mol. The van der Waals surface area contributed by atoms with E-state index >= 15 is 0 Å². The van der Waals surface area contributed by atoms with Gasteiger partial charge < -0.3 is 15.0 Å². The van der Waals surface area contributed by atoms with Crippen LogP contribution in [0.3, 0.4) is 0 Å². The summed E-state index contributed by atoms with van der Waals surface area (Å²) in [6.45, 7) is 4.17. The Labute approximate surface area is 250 Å². The number of esters is 1. The van der Waals surface area contributed by atoms with Gasteiger partial charge in [0.1, 0.15) is 0 Å². The van der Waals surface area contributed by atoms with Gasteiger partial charge in [-0.25, -0.2) is 19.5 Å². The smallest absolute Gasteiger partial charge is 0.337 e. The fraction of sp³-hybridized carbons (Fsp3) is 0.143. The number of ether oxygens (including phenoxy) is 1. The predicted octanol–water partition coefficient (Wildman–Crippen LogP) is 7.33. The van der Waals surface area contributed by atoms with Gasteiger partial charge in [0, 0.05) is 11.3 Å². The van der Waals surface area contributed by atoms with Crippen molar-refractivity contribution in [3.63, 3.8) is 0 Å². The number of aromatic nitrogens is 2. The normalized spacial score (nSPS) is 15.0. The van der Waals surface area contributed by atoms with Gasteiger partial charge in [-0.3, -0.25) is 0 Å². The molecule has 8 nitrogen and oxygen atoms in total. The molecule has 0 saturated carbocycles. The molecule has 0 unspecified atom stereocenters. The highest BCUT2D eigenvalue weighted by Gasteiger charge is 2.41. The Morgan fingerprint density at radius 3 is 2.33 bits per heavy atom. The number of carbonyl (C=O) groups is 1. The van der Waals surface area contributed by atoms with E-state index in [0.717, 1.165) is 51.8 Å². The molecule has 2 aliphatic heterocycles. The van der Waals surface area contributed by atoms with Crippen molar-refractivity contribution in [3.8, 4) is 5.69 Å². The summed E-state index contributed by atoms with van der Waals surface area (Å²) in [5.74, 6) is 1.70. The Bertz CT molecular complexity index is 1890. The summed E-state index contributed by atoms with van der Waals surface area (Å²) in [7, 11) is 1.39. The summed E-state index contributed by atoms with van der Waals surface area (Å²) >= 11 is 0. The molecule has 3 heterocycles. The van der Waals surface area contributed by atoms with E-state index in [2.05, 4.69) is 47.5 Å². The number of hydrogen-bond acceptors (Lipinski definition) is 7. The lowest BCUT2D eigenvalue weighted by Crippen LogP contribution is -2.46. The number of carbonyl (C=O) groups excluding carboxylic acids is 1. The maximum absolute atomic E-state index is 12.3. The van der Waals surface area contributed by atoms with E-state index < -0.39 is 0 Å². The van der Waals surface area contributed by atoms with Crippen LogP contribution in [0.5, 0.6) is 0 Å². The van der Waals surface area contributed by atoms with Crippen molar-refractivity contribution in [3.05, 3.63) is 131 Å². The first-order chi connectivity index (χ1) is 21.1. The third-order valence-corrected chi connectivity index (χ3v) is 7.91. The summed E-state index contributed by atoms with van der Waals surface area (Å²) in [4.78, 5) is 24.9. The zero-order valence-electron chi connectivity index (χ0n) is 24.2. The van der Waals surface area contributed by atoms with Crippen LogP contribution in [0.15, 0.2) is 113 Å². The number of rotatable bonds is 5. The highest BCUT2D eigenvalue weighted by molar-refractivity contribution is 6.51. The second kappa shape index (κ2) is 10.7. The molecule has 1 aromatic heterocycles. The molecular weight excluding hydrogens is 536 g/mol. The summed E-state index contributed by atoms with van der Waals surface area (Å²) in [6.07, 6.45) is 0.969. The van der Waals surface area contributed by atoms with Gasteiger partial charge in [-0.1, -0.05) is 61.5 Å². The number of anilines is 2. The van der Waals surface area contributed by atoms with Crippen LogP contribution in [0.4, 0.5) is 22.9 Å². The van der Waals surface area contributed by atoms with Crippen LogP contribution in [0.1, 0.15) is 45.7 Å². The van der Waals surface area contributed by atoms with Gasteiger partial charge >= 0.3 is 5.97 Å². The number of para-hydroxylation sites is 3. The first-order valence-corrected chi connectivity index (χ1v) is 14.3. The molecule has 1 N–H and O–H groups in total. The van der Waals surface area contributed by atoms with Crippen LogP contribution in [-0.4, -0.2) is 34.5 Å². The lowest BCUT2D eigenvalue weighted by atomic mass is 9.92. The summed E-state index contributed by atoms with van der Waals surface area (Å²) in [5, 5.41) is 8.55. The van der Waals surface area contributed by atoms with Gasteiger partial charge in [0.2, 0.25) is 0 Å². The van der Waals surface area contributed by atoms with Crippen LogP contribution in [0.2, 0.25) is 0 Å². The molecule has 0 radical (unpaired) electrons. The van der Waals surface area contributed by atoms with Crippen LogP contribution >= 0.6 is 0 Å². The van der Waals surface area contributed by atoms with E-state index in [1.54, 1.807) is 0 Å². The molecule has 43 heavy (non-hydrogen) atoms. The lowest BCUT2D eigenvalue weighted by molar-refractivity contribution is 0.0600. The molecule has 4 aromatic carbocycles. The Balaban J connectivity index is 1.45. The van der Waals surface area contributed by atoms with E-state index in [1.165, 1.54) is 12.7 Å². The van der Waals surface area contributed by atoms with Gasteiger partial charge in [0.25, 0.3) is 0 Å². The molecule has 212 valence electrons. The molecule has 0 amide bonds. The molecule has 0 aliphatic carbocycles. The summed E-state index contributed by atoms with van der Waals surface area (Å²) < 4.78 is 6.86. The molecule has 0 saturated heterocycles. The lowest BCUT2D eigenvalue weighted by Gasteiger charge is -2.40. The van der Waals surface area contributed by atoms with Crippen molar-refractivity contribution < 1.29 is 9.53 Å². The number of aliphatic imine (C=N–C) groups is 2. The minimum Gasteiger partial charge on any atom is -0.465 e. The second-order valence-electron chi connectivity index (χ2n) is 10.5. The van der Waals surface area contributed by atoms with Crippen molar-refractivity contribution >= 4 is 40.5 Å². The standard InChI is InChI=1S/C35H30N6O2/c1-4-23-14-20-26(21-15-23)36-32-34-38-33-30(22(2)39-41(33)27-10-6-5-7-11-27)31(24-16-18-25(19-17-24)35(42)43-3)40(34)29-13-9-8-12-28(29)37-32/h5-21,31H,4H2,1-3H3,(H,36,37)/t31-/m1/s1. The SMILES string of the molecule is CCc1ccc(NC2=Nc3ccccc3N3C2=Nc2c(c(C)nn2-c2ccccc2)[C@H]3c2ccc(C(=O)OC)cc2)cc1. The van der Waals surface area contributed by atoms with Crippen molar-refractivity contribution in [2.75, 3.05) is 17.3 Å². The van der Waals surface area contributed by atoms with Crippen LogP contribution in [0.25, 0.3) is 5.69 Å². The van der Waals surface area contributed by atoms with Crippen molar-refractivity contribution in [2.45, 2.75) is 26.3 Å². The zero-order valence-corrected chi connectivity index (χ0v) is 24.2. The quantitative estimate of drug-likeness (QED) is 0.225. The molecule has 5 aromatic rings. The number of nitrogens with one attached hydrogen (secondary N) is 1. The van der Waals surface area contributed by atoms with Crippen LogP contribution < -0.4 is 10.2 Å². The van der Waals surface area contributed by atoms with Crippen LogP contribution in [0, 0.1) is 6.92 Å². The van der Waals surface area contributed by atoms with E-state index in [4.69, 9.17) is 19.8 Å².